The maximum absolute atomic E-state index is 13.5. The maximum Gasteiger partial charge on any atom is 0.341 e. The lowest BCUT2D eigenvalue weighted by atomic mass is 10.1. The molecule has 6 aromatic rings. The molecular formula is C31H24N4O6. The number of amides is 1. The van der Waals surface area contributed by atoms with Gasteiger partial charge in [0, 0.05) is 6.20 Å². The standard InChI is InChI=1S/C31H24N4O6/c1-2-39-31(38)25-17-24-28(32-26-11-5-6-14-34(26)30(24)37)35(18-23-10-7-15-40-23)29(25)33-27(36)19-41-22-13-12-20-8-3-4-9-21(20)16-22/h3-17H,2,18-19H2,1H3. The highest BCUT2D eigenvalue weighted by Gasteiger charge is 2.21. The van der Waals surface area contributed by atoms with Crippen LogP contribution in [0.25, 0.3) is 27.5 Å². The molecule has 0 unspecified atom stereocenters. The number of ether oxygens (including phenoxy) is 2. The van der Waals surface area contributed by atoms with Gasteiger partial charge < -0.3 is 18.5 Å². The molecule has 4 heterocycles. The van der Waals surface area contributed by atoms with Crippen molar-refractivity contribution >= 4 is 39.3 Å². The number of benzene rings is 2. The fourth-order valence-corrected chi connectivity index (χ4v) is 4.62. The molecule has 0 spiro atoms. The molecule has 0 saturated heterocycles. The Kier molecular flexibility index (Phi) is 6.87. The fourth-order valence-electron chi connectivity index (χ4n) is 4.62. The summed E-state index contributed by atoms with van der Waals surface area (Å²) in [5.41, 5.74) is 0.153. The second-order valence-electron chi connectivity index (χ2n) is 9.15. The molecule has 0 aliphatic heterocycles. The number of carbonyl (C=O) groups is 2. The minimum atomic E-state index is -0.734. The van der Waals surface area contributed by atoms with Crippen molar-refractivity contribution in [3.05, 3.63) is 118 Å². The van der Waals surface area contributed by atoms with Crippen LogP contribution in [0.2, 0.25) is 0 Å². The van der Waals surface area contributed by atoms with Gasteiger partial charge in [0.2, 0.25) is 0 Å². The number of hydrogen-bond donors (Lipinski definition) is 0. The molecule has 2 aromatic carbocycles. The molecule has 1 amide bonds. The number of rotatable bonds is 7. The number of pyridine rings is 2. The minimum absolute atomic E-state index is 0.0216. The Morgan fingerprint density at radius 1 is 0.976 bits per heavy atom. The first kappa shape index (κ1) is 25.8. The Morgan fingerprint density at radius 2 is 1.80 bits per heavy atom. The predicted octanol–water partition coefficient (Wildman–Crippen LogP) is 4.13. The lowest BCUT2D eigenvalue weighted by Gasteiger charge is -2.14. The Hall–Kier alpha value is -5.51. The average Bonchev–Trinajstić information content (AvgIpc) is 3.51. The van der Waals surface area contributed by atoms with Crippen molar-refractivity contribution in [2.75, 3.05) is 13.2 Å². The van der Waals surface area contributed by atoms with Crippen LogP contribution in [0.4, 0.5) is 0 Å². The second-order valence-corrected chi connectivity index (χ2v) is 9.15. The zero-order valence-corrected chi connectivity index (χ0v) is 22.0. The summed E-state index contributed by atoms with van der Waals surface area (Å²) in [7, 11) is 0. The van der Waals surface area contributed by atoms with Crippen LogP contribution in [0.5, 0.6) is 5.75 Å². The smallest absolute Gasteiger partial charge is 0.341 e. The van der Waals surface area contributed by atoms with Gasteiger partial charge in [0.05, 0.1) is 24.8 Å². The first-order chi connectivity index (χ1) is 20.0. The summed E-state index contributed by atoms with van der Waals surface area (Å²) in [5.74, 6) is -0.374. The molecule has 0 N–H and O–H groups in total. The molecule has 0 aliphatic carbocycles. The first-order valence-electron chi connectivity index (χ1n) is 13.0. The highest BCUT2D eigenvalue weighted by molar-refractivity contribution is 5.94. The van der Waals surface area contributed by atoms with Crippen LogP contribution in [0.3, 0.4) is 0 Å². The first-order valence-corrected chi connectivity index (χ1v) is 13.0. The van der Waals surface area contributed by atoms with E-state index < -0.39 is 11.9 Å². The molecule has 0 radical (unpaired) electrons. The summed E-state index contributed by atoms with van der Waals surface area (Å²) in [6.07, 6.45) is 3.10. The van der Waals surface area contributed by atoms with Crippen molar-refractivity contribution in [1.82, 2.24) is 14.0 Å². The zero-order valence-electron chi connectivity index (χ0n) is 22.0. The molecule has 0 bridgehead atoms. The molecule has 10 nitrogen and oxygen atoms in total. The summed E-state index contributed by atoms with van der Waals surface area (Å²) in [5, 5.41) is 2.16. The van der Waals surface area contributed by atoms with Crippen LogP contribution < -0.4 is 15.8 Å². The molecule has 0 saturated carbocycles. The summed E-state index contributed by atoms with van der Waals surface area (Å²) in [6, 6.07) is 23.3. The molecule has 204 valence electrons. The van der Waals surface area contributed by atoms with Crippen LogP contribution in [-0.4, -0.2) is 39.0 Å². The van der Waals surface area contributed by atoms with Crippen LogP contribution in [0.15, 0.2) is 106 Å². The molecule has 4 aromatic heterocycles. The molecule has 41 heavy (non-hydrogen) atoms. The van der Waals surface area contributed by atoms with Crippen molar-refractivity contribution < 1.29 is 23.5 Å². The van der Waals surface area contributed by atoms with E-state index in [1.165, 1.54) is 21.3 Å². The number of hydrogen-bond acceptors (Lipinski definition) is 7. The molecule has 6 rings (SSSR count). The average molecular weight is 549 g/mol. The van der Waals surface area contributed by atoms with E-state index in [0.717, 1.165) is 10.8 Å². The van der Waals surface area contributed by atoms with Crippen molar-refractivity contribution in [1.29, 1.82) is 0 Å². The van der Waals surface area contributed by atoms with E-state index in [4.69, 9.17) is 13.9 Å². The van der Waals surface area contributed by atoms with E-state index in [-0.39, 0.29) is 47.4 Å². The summed E-state index contributed by atoms with van der Waals surface area (Å²) in [4.78, 5) is 48.8. The fraction of sp³-hybridized carbons (Fsp3) is 0.129. The van der Waals surface area contributed by atoms with Crippen molar-refractivity contribution in [2.24, 2.45) is 4.99 Å². The van der Waals surface area contributed by atoms with Gasteiger partial charge in [-0.3, -0.25) is 14.0 Å². The summed E-state index contributed by atoms with van der Waals surface area (Å²) >= 11 is 0. The molecule has 0 aliphatic rings. The normalized spacial score (nSPS) is 11.8. The Labute approximate surface area is 232 Å². The Bertz CT molecular complexity index is 2060. The van der Waals surface area contributed by atoms with Crippen LogP contribution in [-0.2, 0) is 16.1 Å². The number of fused-ring (bicyclic) bond motifs is 3. The topological polar surface area (TPSA) is 117 Å². The van der Waals surface area contributed by atoms with Crippen LogP contribution >= 0.6 is 0 Å². The number of aromatic nitrogens is 3. The van der Waals surface area contributed by atoms with Gasteiger partial charge in [0.15, 0.2) is 12.1 Å². The van der Waals surface area contributed by atoms with E-state index in [0.29, 0.717) is 17.2 Å². The van der Waals surface area contributed by atoms with Gasteiger partial charge in [-0.15, -0.1) is 0 Å². The van der Waals surface area contributed by atoms with Gasteiger partial charge in [-0.1, -0.05) is 36.4 Å². The van der Waals surface area contributed by atoms with Crippen LogP contribution in [0.1, 0.15) is 23.0 Å². The van der Waals surface area contributed by atoms with Crippen molar-refractivity contribution in [3.8, 4) is 5.75 Å². The summed E-state index contributed by atoms with van der Waals surface area (Å²) in [6.45, 7) is 1.42. The van der Waals surface area contributed by atoms with E-state index in [2.05, 4.69) is 9.98 Å². The monoisotopic (exact) mass is 548 g/mol. The molecular weight excluding hydrogens is 524 g/mol. The van der Waals surface area contributed by atoms with Gasteiger partial charge in [0.1, 0.15) is 28.4 Å². The lowest BCUT2D eigenvalue weighted by molar-refractivity contribution is -0.120. The van der Waals surface area contributed by atoms with Gasteiger partial charge in [0.25, 0.3) is 11.5 Å². The molecule has 10 heteroatoms. The van der Waals surface area contributed by atoms with E-state index in [1.54, 1.807) is 49.5 Å². The van der Waals surface area contributed by atoms with Crippen LogP contribution in [0, 0.1) is 0 Å². The number of nitrogens with zero attached hydrogens (tertiary/aromatic N) is 4. The second kappa shape index (κ2) is 10.9. The van der Waals surface area contributed by atoms with E-state index in [9.17, 15) is 14.4 Å². The largest absolute Gasteiger partial charge is 0.484 e. The maximum atomic E-state index is 13.5. The number of furan rings is 1. The third kappa shape index (κ3) is 5.10. The van der Waals surface area contributed by atoms with Gasteiger partial charge in [-0.25, -0.2) is 9.78 Å². The van der Waals surface area contributed by atoms with Gasteiger partial charge in [-0.2, -0.15) is 4.99 Å². The zero-order chi connectivity index (χ0) is 28.3. The lowest BCUT2D eigenvalue weighted by Crippen LogP contribution is -2.33. The molecule has 0 fully saturated rings. The Balaban J connectivity index is 1.51. The summed E-state index contributed by atoms with van der Waals surface area (Å²) < 4.78 is 19.5. The van der Waals surface area contributed by atoms with E-state index in [1.807, 2.05) is 36.4 Å². The Morgan fingerprint density at radius 3 is 2.61 bits per heavy atom. The third-order valence-corrected chi connectivity index (χ3v) is 6.49. The highest BCUT2D eigenvalue weighted by atomic mass is 16.5. The predicted molar refractivity (Wildman–Crippen MR) is 151 cm³/mol. The molecule has 0 atom stereocenters. The highest BCUT2D eigenvalue weighted by Crippen LogP contribution is 2.20. The van der Waals surface area contributed by atoms with Crippen molar-refractivity contribution in [2.45, 2.75) is 13.5 Å². The minimum Gasteiger partial charge on any atom is -0.484 e. The third-order valence-electron chi connectivity index (χ3n) is 6.49. The van der Waals surface area contributed by atoms with Gasteiger partial charge in [-0.05, 0) is 60.2 Å². The van der Waals surface area contributed by atoms with Crippen molar-refractivity contribution in [3.63, 3.8) is 0 Å². The quantitative estimate of drug-likeness (QED) is 0.218. The SMILES string of the molecule is CCOC(=O)c1cc2c(=O)n3ccccc3nc2n(Cc2ccco2)c1=NC(=O)COc1ccc2ccccc2c1. The van der Waals surface area contributed by atoms with E-state index >= 15 is 0 Å². The number of carbonyl (C=O) groups excluding carboxylic acids is 2. The van der Waals surface area contributed by atoms with Gasteiger partial charge >= 0.3 is 5.97 Å². The number of esters is 1.